The molecule has 0 spiro atoms. The summed E-state index contributed by atoms with van der Waals surface area (Å²) in [6.07, 6.45) is 3.43. The second-order valence-electron chi connectivity index (χ2n) is 8.19. The molecule has 2 N–H and O–H groups in total. The largest absolute Gasteiger partial charge is 0.480 e. The monoisotopic (exact) mass is 496 g/mol. The summed E-state index contributed by atoms with van der Waals surface area (Å²) in [6.45, 7) is 0.334. The van der Waals surface area contributed by atoms with Crippen LogP contribution in [0.1, 0.15) is 15.9 Å². The van der Waals surface area contributed by atoms with E-state index in [-0.39, 0.29) is 11.8 Å². The number of nitrogens with zero attached hydrogens (tertiary/aromatic N) is 4. The first kappa shape index (κ1) is 21.9. The zero-order valence-corrected chi connectivity index (χ0v) is 20.0. The Bertz CT molecular complexity index is 1670. The van der Waals surface area contributed by atoms with Crippen molar-refractivity contribution in [1.29, 1.82) is 0 Å². The average molecular weight is 497 g/mol. The molecule has 0 fully saturated rings. The van der Waals surface area contributed by atoms with Crippen LogP contribution in [0.3, 0.4) is 0 Å². The minimum atomic E-state index is -1.67. The maximum Gasteiger partial charge on any atom is 0.251 e. The van der Waals surface area contributed by atoms with E-state index in [4.69, 9.17) is 9.84 Å². The Balaban J connectivity index is 1.54. The van der Waals surface area contributed by atoms with Gasteiger partial charge in [-0.3, -0.25) is 9.52 Å². The van der Waals surface area contributed by atoms with Gasteiger partial charge in [-0.25, -0.2) is 18.7 Å². The molecule has 10 heteroatoms. The van der Waals surface area contributed by atoms with Crippen LogP contribution in [0.2, 0.25) is 0 Å². The first-order chi connectivity index (χ1) is 17.6. The number of hydrogen-bond acceptors (Lipinski definition) is 6. The topological polar surface area (TPSA) is 111 Å². The highest BCUT2D eigenvalue weighted by atomic mass is 32.2. The van der Waals surface area contributed by atoms with Gasteiger partial charge in [0, 0.05) is 29.4 Å². The van der Waals surface area contributed by atoms with Crippen LogP contribution in [-0.2, 0) is 17.5 Å². The number of amides is 1. The molecule has 1 unspecified atom stereocenters. The third-order valence-corrected chi connectivity index (χ3v) is 6.98. The Morgan fingerprint density at radius 1 is 0.944 bits per heavy atom. The third kappa shape index (κ3) is 3.97. The van der Waals surface area contributed by atoms with Crippen molar-refractivity contribution in [3.05, 3.63) is 90.3 Å². The van der Waals surface area contributed by atoms with Crippen LogP contribution < -0.4 is 14.8 Å². The van der Waals surface area contributed by atoms with Crippen LogP contribution >= 0.6 is 0 Å². The number of methoxy groups -OCH3 is 1. The molecule has 178 valence electrons. The minimum Gasteiger partial charge on any atom is -0.480 e. The average Bonchev–Trinajstić information content (AvgIpc) is 3.35. The number of pyridine rings is 1. The normalized spacial score (nSPS) is 15.0. The quantitative estimate of drug-likeness (QED) is 0.365. The number of carbonyl (C=O) groups excluding carboxylic acids is 1. The Kier molecular flexibility index (Phi) is 5.42. The van der Waals surface area contributed by atoms with Gasteiger partial charge in [0.1, 0.15) is 16.7 Å². The highest BCUT2D eigenvalue weighted by Crippen LogP contribution is 2.30. The number of carbonyl (C=O) groups is 1. The lowest BCUT2D eigenvalue weighted by molar-refractivity contribution is 0.0950. The van der Waals surface area contributed by atoms with E-state index in [1.165, 1.54) is 7.11 Å². The fourth-order valence-corrected chi connectivity index (χ4v) is 4.99. The van der Waals surface area contributed by atoms with Gasteiger partial charge in [0.15, 0.2) is 5.65 Å². The van der Waals surface area contributed by atoms with E-state index in [0.717, 1.165) is 16.8 Å². The summed E-state index contributed by atoms with van der Waals surface area (Å²) >= 11 is 0. The molecule has 5 aromatic rings. The standard InChI is InChI=1S/C26H20N6O3S/c1-35-26-22-12-19(14-29-26)21-8-9-24-27-15-23(32(24)30-21)17-5-2-4-16(10-17)13-28-25(33)18-6-3-7-20(11-18)36(34)31-22/h2-12,14-15,31H,13H2,1H3,(H,28,33). The molecular weight excluding hydrogens is 476 g/mol. The molecule has 36 heavy (non-hydrogen) atoms. The highest BCUT2D eigenvalue weighted by Gasteiger charge is 2.16. The number of fused-ring (bicyclic) bond motifs is 9. The van der Waals surface area contributed by atoms with Gasteiger partial charge in [0.25, 0.3) is 5.91 Å². The first-order valence-corrected chi connectivity index (χ1v) is 12.3. The fourth-order valence-electron chi connectivity index (χ4n) is 4.09. The molecule has 0 saturated carbocycles. The molecule has 1 aliphatic rings. The molecule has 3 aromatic heterocycles. The molecule has 1 aliphatic heterocycles. The summed E-state index contributed by atoms with van der Waals surface area (Å²) in [7, 11) is -0.176. The molecule has 0 saturated heterocycles. The number of imidazole rings is 1. The third-order valence-electron chi connectivity index (χ3n) is 5.89. The Labute approximate surface area is 208 Å². The van der Waals surface area contributed by atoms with Gasteiger partial charge in [-0.15, -0.1) is 0 Å². The Morgan fingerprint density at radius 3 is 2.69 bits per heavy atom. The molecule has 9 nitrogen and oxygen atoms in total. The number of ether oxygens (including phenoxy) is 1. The number of hydrogen-bond donors (Lipinski definition) is 2. The van der Waals surface area contributed by atoms with Crippen molar-refractivity contribution in [3.63, 3.8) is 0 Å². The van der Waals surface area contributed by atoms with Crippen LogP contribution in [0.15, 0.2) is 84.0 Å². The van der Waals surface area contributed by atoms with Gasteiger partial charge in [-0.2, -0.15) is 5.10 Å². The molecule has 2 aromatic carbocycles. The number of aromatic nitrogens is 4. The molecule has 1 atom stereocenters. The fraction of sp³-hybridized carbons (Fsp3) is 0.0769. The maximum atomic E-state index is 13.2. The van der Waals surface area contributed by atoms with Crippen LogP contribution in [0, 0.1) is 0 Å². The van der Waals surface area contributed by atoms with Crippen LogP contribution in [0.5, 0.6) is 5.88 Å². The molecule has 4 heterocycles. The van der Waals surface area contributed by atoms with Gasteiger partial charge in [-0.1, -0.05) is 24.3 Å². The van der Waals surface area contributed by atoms with Gasteiger partial charge < -0.3 is 10.1 Å². The summed E-state index contributed by atoms with van der Waals surface area (Å²) in [5.41, 5.74) is 5.58. The van der Waals surface area contributed by atoms with Crippen LogP contribution in [0.25, 0.3) is 28.2 Å². The summed E-state index contributed by atoms with van der Waals surface area (Å²) in [5.74, 6) is 0.0272. The summed E-state index contributed by atoms with van der Waals surface area (Å²) in [4.78, 5) is 22.2. The van der Waals surface area contributed by atoms with Crippen molar-refractivity contribution in [3.8, 4) is 28.4 Å². The van der Waals surface area contributed by atoms with Crippen molar-refractivity contribution in [2.24, 2.45) is 0 Å². The van der Waals surface area contributed by atoms with Crippen molar-refractivity contribution < 1.29 is 13.7 Å². The zero-order chi connectivity index (χ0) is 24.6. The van der Waals surface area contributed by atoms with Crippen LogP contribution in [-0.4, -0.2) is 36.8 Å². The number of anilines is 1. The lowest BCUT2D eigenvalue weighted by Gasteiger charge is -2.13. The lowest BCUT2D eigenvalue weighted by atomic mass is 10.1. The second kappa shape index (κ2) is 8.90. The van der Waals surface area contributed by atoms with Crippen molar-refractivity contribution in [1.82, 2.24) is 24.9 Å². The molecular formula is C26H20N6O3S. The first-order valence-electron chi connectivity index (χ1n) is 11.1. The molecule has 8 bridgehead atoms. The predicted molar refractivity (Wildman–Crippen MR) is 136 cm³/mol. The van der Waals surface area contributed by atoms with E-state index >= 15 is 0 Å². The number of rotatable bonds is 1. The minimum absolute atomic E-state index is 0.261. The summed E-state index contributed by atoms with van der Waals surface area (Å²) in [6, 6.07) is 20.1. The van der Waals surface area contributed by atoms with Gasteiger partial charge >= 0.3 is 0 Å². The van der Waals surface area contributed by atoms with Crippen LogP contribution in [0.4, 0.5) is 5.69 Å². The SMILES string of the molecule is COc1ncc2cc1NS(=O)c1cccc(c1)C(=O)NCc1cccc(c1)-c1cnc3ccc-2nn13. The van der Waals surface area contributed by atoms with Crippen molar-refractivity contribution in [2.75, 3.05) is 11.8 Å². The molecule has 6 rings (SSSR count). The van der Waals surface area contributed by atoms with Gasteiger partial charge in [-0.05, 0) is 48.0 Å². The summed E-state index contributed by atoms with van der Waals surface area (Å²) in [5, 5.41) is 7.75. The molecule has 0 radical (unpaired) electrons. The number of nitrogens with one attached hydrogen (secondary N) is 2. The van der Waals surface area contributed by atoms with E-state index in [1.54, 1.807) is 47.2 Å². The summed E-state index contributed by atoms with van der Waals surface area (Å²) < 4.78 is 23.3. The van der Waals surface area contributed by atoms with E-state index in [2.05, 4.69) is 20.0 Å². The Morgan fingerprint density at radius 2 is 1.81 bits per heavy atom. The molecule has 0 aliphatic carbocycles. The van der Waals surface area contributed by atoms with Crippen molar-refractivity contribution >= 4 is 28.2 Å². The van der Waals surface area contributed by atoms with Crippen molar-refractivity contribution in [2.45, 2.75) is 11.4 Å². The lowest BCUT2D eigenvalue weighted by Crippen LogP contribution is -2.23. The maximum absolute atomic E-state index is 13.2. The molecule has 1 amide bonds. The Hall–Kier alpha value is -4.57. The highest BCUT2D eigenvalue weighted by molar-refractivity contribution is 7.86. The van der Waals surface area contributed by atoms with Gasteiger partial charge in [0.2, 0.25) is 5.88 Å². The second-order valence-corrected chi connectivity index (χ2v) is 9.41. The predicted octanol–water partition coefficient (Wildman–Crippen LogP) is 3.85. The van der Waals surface area contributed by atoms with E-state index in [9.17, 15) is 9.00 Å². The van der Waals surface area contributed by atoms with E-state index in [0.29, 0.717) is 39.6 Å². The smallest absolute Gasteiger partial charge is 0.251 e. The number of benzene rings is 2. The van der Waals surface area contributed by atoms with Gasteiger partial charge in [0.05, 0.1) is 29.6 Å². The zero-order valence-electron chi connectivity index (χ0n) is 19.1. The van der Waals surface area contributed by atoms with E-state index in [1.807, 2.05) is 36.4 Å². The van der Waals surface area contributed by atoms with E-state index < -0.39 is 11.0 Å².